The van der Waals surface area contributed by atoms with Crippen molar-refractivity contribution in [3.8, 4) is 6.07 Å². The number of sulfonamides is 1. The van der Waals surface area contributed by atoms with Gasteiger partial charge in [-0.3, -0.25) is 4.68 Å². The van der Waals surface area contributed by atoms with Crippen LogP contribution in [0.25, 0.3) is 0 Å². The van der Waals surface area contributed by atoms with E-state index in [1.54, 1.807) is 6.07 Å². The van der Waals surface area contributed by atoms with Crippen LogP contribution in [0.5, 0.6) is 0 Å². The monoisotopic (exact) mass is 248 g/mol. The maximum Gasteiger partial charge on any atom is 0.260 e. The molecule has 0 aromatic carbocycles. The summed E-state index contributed by atoms with van der Waals surface area (Å²) in [5.74, 6) is 0. The van der Waals surface area contributed by atoms with Crippen LogP contribution in [0.4, 0.5) is 0 Å². The van der Waals surface area contributed by atoms with Gasteiger partial charge in [-0.2, -0.15) is 15.1 Å². The van der Waals surface area contributed by atoms with E-state index in [1.807, 2.05) is 0 Å². The molecule has 1 aromatic heterocycles. The van der Waals surface area contributed by atoms with Crippen molar-refractivity contribution in [1.29, 1.82) is 5.26 Å². The standard InChI is InChI=1S/C7H9ClN4O2S/c1-5(3-9)11-15(13,14)7-6(8)4-10-12(7)2/h4-5,11H,1-2H3. The second kappa shape index (κ2) is 4.18. The van der Waals surface area contributed by atoms with E-state index < -0.39 is 16.1 Å². The van der Waals surface area contributed by atoms with Crippen molar-refractivity contribution >= 4 is 21.6 Å². The van der Waals surface area contributed by atoms with E-state index in [4.69, 9.17) is 16.9 Å². The quantitative estimate of drug-likeness (QED) is 0.831. The summed E-state index contributed by atoms with van der Waals surface area (Å²) < 4.78 is 26.7. The fourth-order valence-electron chi connectivity index (χ4n) is 1.02. The van der Waals surface area contributed by atoms with Gasteiger partial charge >= 0.3 is 0 Å². The second-order valence-electron chi connectivity index (χ2n) is 2.89. The van der Waals surface area contributed by atoms with Crippen LogP contribution in [0, 0.1) is 11.3 Å². The molecule has 0 aliphatic rings. The van der Waals surface area contributed by atoms with E-state index in [0.717, 1.165) is 4.68 Å². The Morgan fingerprint density at radius 2 is 2.33 bits per heavy atom. The van der Waals surface area contributed by atoms with Crippen molar-refractivity contribution in [3.63, 3.8) is 0 Å². The summed E-state index contributed by atoms with van der Waals surface area (Å²) in [6.07, 6.45) is 1.23. The van der Waals surface area contributed by atoms with Crippen LogP contribution in [0.1, 0.15) is 6.92 Å². The van der Waals surface area contributed by atoms with Gasteiger partial charge in [-0.25, -0.2) is 8.42 Å². The fourth-order valence-corrected chi connectivity index (χ4v) is 2.82. The van der Waals surface area contributed by atoms with Crippen LogP contribution in [-0.4, -0.2) is 24.2 Å². The Labute approximate surface area is 92.5 Å². The third kappa shape index (κ3) is 2.47. The van der Waals surface area contributed by atoms with Crippen LogP contribution >= 0.6 is 11.6 Å². The van der Waals surface area contributed by atoms with E-state index in [0.29, 0.717) is 0 Å². The summed E-state index contributed by atoms with van der Waals surface area (Å²) >= 11 is 5.67. The topological polar surface area (TPSA) is 87.8 Å². The summed E-state index contributed by atoms with van der Waals surface area (Å²) in [6.45, 7) is 1.43. The normalized spacial score (nSPS) is 13.5. The molecule has 0 saturated carbocycles. The average molecular weight is 249 g/mol. The van der Waals surface area contributed by atoms with E-state index in [9.17, 15) is 8.42 Å². The molecule has 0 amide bonds. The number of aromatic nitrogens is 2. The lowest BCUT2D eigenvalue weighted by atomic mass is 10.4. The van der Waals surface area contributed by atoms with Crippen LogP contribution in [0.3, 0.4) is 0 Å². The molecule has 0 saturated heterocycles. The highest BCUT2D eigenvalue weighted by molar-refractivity contribution is 7.89. The molecule has 15 heavy (non-hydrogen) atoms. The molecule has 1 heterocycles. The third-order valence-corrected chi connectivity index (χ3v) is 3.67. The number of nitrogens with zero attached hydrogens (tertiary/aromatic N) is 3. The third-order valence-electron chi connectivity index (χ3n) is 1.62. The largest absolute Gasteiger partial charge is 0.260 e. The molecule has 6 nitrogen and oxygen atoms in total. The number of aryl methyl sites for hydroxylation is 1. The number of nitrogens with one attached hydrogen (secondary N) is 1. The Balaban J connectivity index is 3.14. The first kappa shape index (κ1) is 12.0. The number of halogens is 1. The van der Waals surface area contributed by atoms with E-state index in [1.165, 1.54) is 20.2 Å². The molecule has 0 spiro atoms. The highest BCUT2D eigenvalue weighted by Gasteiger charge is 2.24. The predicted octanol–water partition coefficient (Wildman–Crippen LogP) is 0.264. The lowest BCUT2D eigenvalue weighted by Gasteiger charge is -2.08. The zero-order valence-electron chi connectivity index (χ0n) is 8.10. The smallest absolute Gasteiger partial charge is 0.255 e. The van der Waals surface area contributed by atoms with Crippen molar-refractivity contribution in [1.82, 2.24) is 14.5 Å². The maximum atomic E-state index is 11.7. The van der Waals surface area contributed by atoms with Crippen molar-refractivity contribution in [2.45, 2.75) is 18.0 Å². The number of rotatable bonds is 3. The number of nitriles is 1. The number of hydrogen-bond donors (Lipinski definition) is 1. The summed E-state index contributed by atoms with van der Waals surface area (Å²) in [5.41, 5.74) is 0. The first-order valence-electron chi connectivity index (χ1n) is 3.98. The zero-order valence-corrected chi connectivity index (χ0v) is 9.67. The molecule has 0 aliphatic heterocycles. The van der Waals surface area contributed by atoms with Crippen LogP contribution in [0.2, 0.25) is 5.02 Å². The first-order chi connectivity index (χ1) is 6.88. The zero-order chi connectivity index (χ0) is 11.6. The molecular formula is C7H9ClN4O2S. The van der Waals surface area contributed by atoms with Crippen LogP contribution in [0.15, 0.2) is 11.2 Å². The van der Waals surface area contributed by atoms with Gasteiger partial charge in [0.2, 0.25) is 0 Å². The van der Waals surface area contributed by atoms with Crippen LogP contribution in [-0.2, 0) is 17.1 Å². The van der Waals surface area contributed by atoms with E-state index >= 15 is 0 Å². The molecule has 1 N–H and O–H groups in total. The van der Waals surface area contributed by atoms with Crippen molar-refractivity contribution in [2.24, 2.45) is 7.05 Å². The van der Waals surface area contributed by atoms with Gasteiger partial charge in [-0.05, 0) is 6.92 Å². The van der Waals surface area contributed by atoms with Crippen molar-refractivity contribution < 1.29 is 8.42 Å². The van der Waals surface area contributed by atoms with E-state index in [2.05, 4.69) is 9.82 Å². The molecule has 0 aliphatic carbocycles. The van der Waals surface area contributed by atoms with Gasteiger partial charge in [0.1, 0.15) is 6.04 Å². The molecule has 0 radical (unpaired) electrons. The second-order valence-corrected chi connectivity index (χ2v) is 4.93. The Kier molecular flexibility index (Phi) is 3.34. The molecule has 82 valence electrons. The Morgan fingerprint density at radius 1 is 1.73 bits per heavy atom. The minimum atomic E-state index is -3.79. The summed E-state index contributed by atoms with van der Waals surface area (Å²) in [7, 11) is -2.34. The lowest BCUT2D eigenvalue weighted by molar-refractivity contribution is 0.559. The first-order valence-corrected chi connectivity index (χ1v) is 5.84. The SMILES string of the molecule is CC(C#N)NS(=O)(=O)c1c(Cl)cnn1C. The lowest BCUT2D eigenvalue weighted by Crippen LogP contribution is -2.32. The predicted molar refractivity (Wildman–Crippen MR) is 53.6 cm³/mol. The van der Waals surface area contributed by atoms with Crippen LogP contribution < -0.4 is 4.72 Å². The van der Waals surface area contributed by atoms with Gasteiger partial charge in [-0.1, -0.05) is 11.6 Å². The van der Waals surface area contributed by atoms with E-state index in [-0.39, 0.29) is 10.0 Å². The molecule has 0 fully saturated rings. The maximum absolute atomic E-state index is 11.7. The van der Waals surface area contributed by atoms with Gasteiger partial charge < -0.3 is 0 Å². The molecule has 1 atom stereocenters. The Hall–Kier alpha value is -1.10. The molecule has 0 bridgehead atoms. The fraction of sp³-hybridized carbons (Fsp3) is 0.429. The van der Waals surface area contributed by atoms with Gasteiger partial charge in [0.25, 0.3) is 10.0 Å². The Morgan fingerprint density at radius 3 is 2.73 bits per heavy atom. The average Bonchev–Trinajstić information content (AvgIpc) is 2.45. The molecule has 1 aromatic rings. The summed E-state index contributed by atoms with van der Waals surface area (Å²) in [6, 6.07) is 0.940. The molecule has 1 unspecified atom stereocenters. The molecular weight excluding hydrogens is 240 g/mol. The van der Waals surface area contributed by atoms with Crippen molar-refractivity contribution in [3.05, 3.63) is 11.2 Å². The molecule has 1 rings (SSSR count). The van der Waals surface area contributed by atoms with Crippen molar-refractivity contribution in [2.75, 3.05) is 0 Å². The van der Waals surface area contributed by atoms with Gasteiger partial charge in [0.05, 0.1) is 17.3 Å². The summed E-state index contributed by atoms with van der Waals surface area (Å²) in [5, 5.41) is 12.1. The van der Waals surface area contributed by atoms with Gasteiger partial charge in [0.15, 0.2) is 5.03 Å². The summed E-state index contributed by atoms with van der Waals surface area (Å²) in [4.78, 5) is 0. The molecule has 8 heteroatoms. The Bertz CT molecular complexity index is 482. The minimum Gasteiger partial charge on any atom is -0.255 e. The van der Waals surface area contributed by atoms with Gasteiger partial charge in [0, 0.05) is 7.05 Å². The van der Waals surface area contributed by atoms with Gasteiger partial charge in [-0.15, -0.1) is 0 Å². The minimum absolute atomic E-state index is 0.0233. The highest BCUT2D eigenvalue weighted by atomic mass is 35.5. The highest BCUT2D eigenvalue weighted by Crippen LogP contribution is 2.19. The number of hydrogen-bond acceptors (Lipinski definition) is 4.